The summed E-state index contributed by atoms with van der Waals surface area (Å²) in [5.41, 5.74) is -0.182. The van der Waals surface area contributed by atoms with Crippen LogP contribution in [-0.2, 0) is 4.79 Å². The second kappa shape index (κ2) is 4.71. The third-order valence-corrected chi connectivity index (χ3v) is 2.76. The fourth-order valence-electron chi connectivity index (χ4n) is 1.43. The number of ketones is 1. The molecule has 0 unspecified atom stereocenters. The van der Waals surface area contributed by atoms with E-state index in [-0.39, 0.29) is 29.7 Å². The van der Waals surface area contributed by atoms with Crippen molar-refractivity contribution in [3.63, 3.8) is 0 Å². The molecule has 1 saturated carbocycles. The van der Waals surface area contributed by atoms with E-state index in [0.717, 1.165) is 12.8 Å². The normalized spacial score (nSPS) is 14.4. The lowest BCUT2D eigenvalue weighted by Crippen LogP contribution is -2.13. The molecule has 0 aromatic heterocycles. The van der Waals surface area contributed by atoms with Gasteiger partial charge < -0.3 is 4.74 Å². The second-order valence-electron chi connectivity index (χ2n) is 3.90. The minimum atomic E-state index is -0.562. The molecule has 1 aromatic rings. The second-order valence-corrected chi connectivity index (χ2v) is 4.33. The lowest BCUT2D eigenvalue weighted by Gasteiger charge is -2.05. The van der Waals surface area contributed by atoms with E-state index in [4.69, 9.17) is 16.3 Å². The summed E-state index contributed by atoms with van der Waals surface area (Å²) in [6, 6.07) is 4.02. The smallest absolute Gasteiger partial charge is 0.311 e. The van der Waals surface area contributed by atoms with Gasteiger partial charge in [-0.25, -0.2) is 0 Å². The highest BCUT2D eigenvalue weighted by Gasteiger charge is 2.30. The van der Waals surface area contributed by atoms with Gasteiger partial charge in [-0.05, 0) is 18.9 Å². The van der Waals surface area contributed by atoms with E-state index in [9.17, 15) is 14.9 Å². The number of ether oxygens (including phenoxy) is 1. The molecule has 1 aliphatic rings. The fraction of sp³-hybridized carbons (Fsp3) is 0.364. The first-order valence-corrected chi connectivity index (χ1v) is 5.55. The molecule has 0 aliphatic heterocycles. The zero-order chi connectivity index (χ0) is 12.4. The predicted octanol–water partition coefficient (Wildman–Crippen LogP) is 2.61. The molecule has 1 aromatic carbocycles. The molecule has 5 nitrogen and oxygen atoms in total. The number of carbonyl (C=O) groups excluding carboxylic acids is 1. The van der Waals surface area contributed by atoms with Crippen molar-refractivity contribution in [1.29, 1.82) is 0 Å². The first kappa shape index (κ1) is 11.9. The highest BCUT2D eigenvalue weighted by molar-refractivity contribution is 6.30. The van der Waals surface area contributed by atoms with Crippen LogP contribution < -0.4 is 4.74 Å². The summed E-state index contributed by atoms with van der Waals surface area (Å²) in [7, 11) is 0. The van der Waals surface area contributed by atoms with Crippen LogP contribution in [0.15, 0.2) is 18.2 Å². The summed E-state index contributed by atoms with van der Waals surface area (Å²) in [6.45, 7) is -0.133. The summed E-state index contributed by atoms with van der Waals surface area (Å²) in [5.74, 6) is 0.101. The molecule has 0 spiro atoms. The topological polar surface area (TPSA) is 69.4 Å². The van der Waals surface area contributed by atoms with Crippen LogP contribution in [0.1, 0.15) is 12.8 Å². The van der Waals surface area contributed by atoms with Crippen LogP contribution >= 0.6 is 11.6 Å². The van der Waals surface area contributed by atoms with Gasteiger partial charge in [0, 0.05) is 23.1 Å². The van der Waals surface area contributed by atoms with Gasteiger partial charge in [-0.2, -0.15) is 0 Å². The molecule has 0 atom stereocenters. The average molecular weight is 256 g/mol. The number of hydrogen-bond donors (Lipinski definition) is 0. The van der Waals surface area contributed by atoms with Gasteiger partial charge in [-0.3, -0.25) is 14.9 Å². The summed E-state index contributed by atoms with van der Waals surface area (Å²) in [5, 5.41) is 11.1. The molecule has 6 heteroatoms. The molecular formula is C11H10ClNO4. The zero-order valence-corrected chi connectivity index (χ0v) is 9.64. The maximum absolute atomic E-state index is 11.4. The van der Waals surface area contributed by atoms with Gasteiger partial charge in [0.05, 0.1) is 4.92 Å². The number of nitro groups is 1. The van der Waals surface area contributed by atoms with Gasteiger partial charge in [0.25, 0.3) is 0 Å². The molecule has 0 saturated heterocycles. The van der Waals surface area contributed by atoms with Gasteiger partial charge >= 0.3 is 5.69 Å². The van der Waals surface area contributed by atoms with Crippen LogP contribution in [0.25, 0.3) is 0 Å². The van der Waals surface area contributed by atoms with Crippen LogP contribution in [-0.4, -0.2) is 17.3 Å². The lowest BCUT2D eigenvalue weighted by atomic mass is 10.2. The molecule has 0 heterocycles. The number of carbonyl (C=O) groups is 1. The molecule has 17 heavy (non-hydrogen) atoms. The van der Waals surface area contributed by atoms with E-state index < -0.39 is 4.92 Å². The van der Waals surface area contributed by atoms with Crippen molar-refractivity contribution in [2.24, 2.45) is 5.92 Å². The van der Waals surface area contributed by atoms with E-state index in [1.54, 1.807) is 0 Å². The SMILES string of the molecule is O=C(COc1cc(Cl)ccc1[N+](=O)[O-])C1CC1. The zero-order valence-electron chi connectivity index (χ0n) is 8.89. The Morgan fingerprint density at radius 2 is 2.24 bits per heavy atom. The lowest BCUT2D eigenvalue weighted by molar-refractivity contribution is -0.385. The number of rotatable bonds is 5. The summed E-state index contributed by atoms with van der Waals surface area (Å²) >= 11 is 5.72. The number of benzene rings is 1. The summed E-state index contributed by atoms with van der Waals surface area (Å²) in [6.07, 6.45) is 1.78. The molecule has 1 aliphatic carbocycles. The van der Waals surface area contributed by atoms with Crippen LogP contribution in [0, 0.1) is 16.0 Å². The van der Waals surface area contributed by atoms with Crippen molar-refractivity contribution in [3.05, 3.63) is 33.3 Å². The van der Waals surface area contributed by atoms with Crippen molar-refractivity contribution in [1.82, 2.24) is 0 Å². The summed E-state index contributed by atoms with van der Waals surface area (Å²) in [4.78, 5) is 21.6. The molecule has 0 N–H and O–H groups in total. The van der Waals surface area contributed by atoms with Gasteiger partial charge in [-0.15, -0.1) is 0 Å². The number of hydrogen-bond acceptors (Lipinski definition) is 4. The third kappa shape index (κ3) is 2.94. The Morgan fingerprint density at radius 1 is 1.53 bits per heavy atom. The van der Waals surface area contributed by atoms with Crippen molar-refractivity contribution < 1.29 is 14.5 Å². The molecule has 0 bridgehead atoms. The Labute approximate surface area is 102 Å². The van der Waals surface area contributed by atoms with E-state index in [1.165, 1.54) is 18.2 Å². The maximum atomic E-state index is 11.4. The number of nitro benzene ring substituents is 1. The van der Waals surface area contributed by atoms with E-state index in [1.807, 2.05) is 0 Å². The van der Waals surface area contributed by atoms with E-state index in [2.05, 4.69) is 0 Å². The van der Waals surface area contributed by atoms with Gasteiger partial charge in [-0.1, -0.05) is 11.6 Å². The third-order valence-electron chi connectivity index (χ3n) is 2.52. The van der Waals surface area contributed by atoms with Gasteiger partial charge in [0.2, 0.25) is 0 Å². The quantitative estimate of drug-likeness (QED) is 0.599. The number of nitrogens with zero attached hydrogens (tertiary/aromatic N) is 1. The van der Waals surface area contributed by atoms with Crippen LogP contribution in [0.5, 0.6) is 5.75 Å². The van der Waals surface area contributed by atoms with Crippen LogP contribution in [0.4, 0.5) is 5.69 Å². The molecule has 0 amide bonds. The Bertz CT molecular complexity index is 471. The van der Waals surface area contributed by atoms with Crippen LogP contribution in [0.3, 0.4) is 0 Å². The highest BCUT2D eigenvalue weighted by atomic mass is 35.5. The minimum Gasteiger partial charge on any atom is -0.479 e. The van der Waals surface area contributed by atoms with E-state index in [0.29, 0.717) is 5.02 Å². The molecular weight excluding hydrogens is 246 g/mol. The van der Waals surface area contributed by atoms with Gasteiger partial charge in [0.15, 0.2) is 11.5 Å². The molecule has 1 fully saturated rings. The Morgan fingerprint density at radius 3 is 2.82 bits per heavy atom. The minimum absolute atomic E-state index is 0.0146. The van der Waals surface area contributed by atoms with Gasteiger partial charge in [0.1, 0.15) is 6.61 Å². The van der Waals surface area contributed by atoms with E-state index >= 15 is 0 Å². The Balaban J connectivity index is 2.09. The maximum Gasteiger partial charge on any atom is 0.311 e. The van der Waals surface area contributed by atoms with Crippen molar-refractivity contribution in [2.45, 2.75) is 12.8 Å². The predicted molar refractivity (Wildman–Crippen MR) is 61.3 cm³/mol. The fourth-order valence-corrected chi connectivity index (χ4v) is 1.59. The van der Waals surface area contributed by atoms with Crippen molar-refractivity contribution in [3.8, 4) is 5.75 Å². The van der Waals surface area contributed by atoms with Crippen molar-refractivity contribution in [2.75, 3.05) is 6.61 Å². The molecule has 0 radical (unpaired) electrons. The average Bonchev–Trinajstić information content (AvgIpc) is 3.09. The number of halogens is 1. The Kier molecular flexibility index (Phi) is 3.28. The standard InChI is InChI=1S/C11H10ClNO4/c12-8-3-4-9(13(15)16)11(5-8)17-6-10(14)7-1-2-7/h3-5,7H,1-2,6H2. The molecule has 90 valence electrons. The van der Waals surface area contributed by atoms with Crippen molar-refractivity contribution >= 4 is 23.1 Å². The first-order chi connectivity index (χ1) is 8.08. The first-order valence-electron chi connectivity index (χ1n) is 5.17. The molecule has 2 rings (SSSR count). The monoisotopic (exact) mass is 255 g/mol. The Hall–Kier alpha value is -1.62. The van der Waals surface area contributed by atoms with Crippen LogP contribution in [0.2, 0.25) is 5.02 Å². The number of Topliss-reactive ketones (excluding diaryl/α,β-unsaturated/α-hetero) is 1. The largest absolute Gasteiger partial charge is 0.479 e. The highest BCUT2D eigenvalue weighted by Crippen LogP contribution is 2.32. The summed E-state index contributed by atoms with van der Waals surface area (Å²) < 4.78 is 5.17.